The van der Waals surface area contributed by atoms with Crippen LogP contribution in [0.5, 0.6) is 0 Å². The number of aryl methyl sites for hydroxylation is 2. The molecule has 1 atom stereocenters. The molecule has 24 heavy (non-hydrogen) atoms. The van der Waals surface area contributed by atoms with E-state index in [0.29, 0.717) is 18.5 Å². The van der Waals surface area contributed by atoms with Gasteiger partial charge < -0.3 is 15.4 Å². The first-order valence-corrected chi connectivity index (χ1v) is 8.51. The van der Waals surface area contributed by atoms with Crippen molar-refractivity contribution in [1.29, 1.82) is 0 Å². The van der Waals surface area contributed by atoms with Gasteiger partial charge in [0.15, 0.2) is 0 Å². The summed E-state index contributed by atoms with van der Waals surface area (Å²) in [6.07, 6.45) is 2.49. The number of methoxy groups -OCH3 is 1. The molecule has 7 heteroatoms. The summed E-state index contributed by atoms with van der Waals surface area (Å²) in [4.78, 5) is 9.22. The van der Waals surface area contributed by atoms with Crippen LogP contribution >= 0.6 is 0 Å². The molecule has 1 aliphatic rings. The summed E-state index contributed by atoms with van der Waals surface area (Å²) >= 11 is 0. The van der Waals surface area contributed by atoms with Gasteiger partial charge in [-0.05, 0) is 51.8 Å². The first kappa shape index (κ1) is 16.9. The summed E-state index contributed by atoms with van der Waals surface area (Å²) in [5.74, 6) is 2.04. The average Bonchev–Trinajstić information content (AvgIpc) is 2.92. The molecule has 0 amide bonds. The lowest BCUT2D eigenvalue weighted by molar-refractivity contribution is 0.181. The van der Waals surface area contributed by atoms with Crippen LogP contribution in [0.2, 0.25) is 0 Å². The molecule has 0 aromatic carbocycles. The van der Waals surface area contributed by atoms with Crippen LogP contribution in [0.4, 0.5) is 5.82 Å². The predicted molar refractivity (Wildman–Crippen MR) is 93.4 cm³/mol. The lowest BCUT2D eigenvalue weighted by Gasteiger charge is -2.23. The Kier molecular flexibility index (Phi) is 5.42. The third kappa shape index (κ3) is 4.10. The smallest absolute Gasteiger partial charge is 0.253 e. The van der Waals surface area contributed by atoms with Gasteiger partial charge in [0.2, 0.25) is 0 Å². The lowest BCUT2D eigenvalue weighted by atomic mass is 10.00. The Morgan fingerprint density at radius 3 is 2.88 bits per heavy atom. The number of nitrogens with one attached hydrogen (secondary N) is 2. The summed E-state index contributed by atoms with van der Waals surface area (Å²) in [6, 6.07) is 3.97. The molecule has 1 unspecified atom stereocenters. The summed E-state index contributed by atoms with van der Waals surface area (Å²) in [6.45, 7) is 7.53. The second kappa shape index (κ2) is 7.72. The Hall–Kier alpha value is -1.99. The van der Waals surface area contributed by atoms with Gasteiger partial charge >= 0.3 is 0 Å². The van der Waals surface area contributed by atoms with Gasteiger partial charge in [-0.3, -0.25) is 0 Å². The number of piperidine rings is 1. The van der Waals surface area contributed by atoms with Crippen LogP contribution in [0.15, 0.2) is 12.1 Å². The number of anilines is 1. The van der Waals surface area contributed by atoms with E-state index >= 15 is 0 Å². The van der Waals surface area contributed by atoms with Crippen molar-refractivity contribution >= 4 is 5.82 Å². The number of rotatable bonds is 6. The van der Waals surface area contributed by atoms with E-state index < -0.39 is 0 Å². The van der Waals surface area contributed by atoms with E-state index in [1.165, 1.54) is 12.8 Å². The third-order valence-corrected chi connectivity index (χ3v) is 4.23. The molecule has 0 bridgehead atoms. The zero-order valence-electron chi connectivity index (χ0n) is 14.7. The zero-order valence-corrected chi connectivity index (χ0v) is 14.7. The normalized spacial score (nSPS) is 17.9. The van der Waals surface area contributed by atoms with Gasteiger partial charge in [0.05, 0.1) is 18.0 Å². The first-order valence-electron chi connectivity index (χ1n) is 8.51. The molecule has 3 heterocycles. The van der Waals surface area contributed by atoms with Crippen LogP contribution < -0.4 is 10.6 Å². The standard InChI is InChI=1S/C17H26N6O/c1-12-7-13(2)23(22-12)17-20-15(11-24-3)8-16(21-17)19-10-14-5-4-6-18-9-14/h7-8,14,18H,4-6,9-11H2,1-3H3,(H,19,20,21). The summed E-state index contributed by atoms with van der Waals surface area (Å²) in [5.41, 5.74) is 2.82. The summed E-state index contributed by atoms with van der Waals surface area (Å²) < 4.78 is 7.03. The molecule has 7 nitrogen and oxygen atoms in total. The molecule has 0 saturated carbocycles. The highest BCUT2D eigenvalue weighted by Crippen LogP contribution is 2.15. The molecule has 0 aliphatic carbocycles. The van der Waals surface area contributed by atoms with Crippen molar-refractivity contribution in [1.82, 2.24) is 25.1 Å². The minimum absolute atomic E-state index is 0.453. The minimum Gasteiger partial charge on any atom is -0.378 e. The van der Waals surface area contributed by atoms with Gasteiger partial charge in [-0.15, -0.1) is 0 Å². The number of hydrogen-bond acceptors (Lipinski definition) is 6. The first-order chi connectivity index (χ1) is 11.7. The molecule has 0 spiro atoms. The van der Waals surface area contributed by atoms with Gasteiger partial charge in [0.1, 0.15) is 5.82 Å². The monoisotopic (exact) mass is 330 g/mol. The number of ether oxygens (including phenoxy) is 1. The van der Waals surface area contributed by atoms with Crippen molar-refractivity contribution < 1.29 is 4.74 Å². The molecule has 130 valence electrons. The molecule has 2 aromatic heterocycles. The van der Waals surface area contributed by atoms with Crippen molar-refractivity contribution in [2.24, 2.45) is 5.92 Å². The number of hydrogen-bond donors (Lipinski definition) is 2. The SMILES string of the molecule is COCc1cc(NCC2CCCNC2)nc(-n2nc(C)cc2C)n1. The van der Waals surface area contributed by atoms with Crippen molar-refractivity contribution in [2.75, 3.05) is 32.1 Å². The van der Waals surface area contributed by atoms with Crippen LogP contribution in [0, 0.1) is 19.8 Å². The fourth-order valence-corrected chi connectivity index (χ4v) is 3.07. The maximum Gasteiger partial charge on any atom is 0.253 e. The molecule has 2 N–H and O–H groups in total. The molecule has 0 radical (unpaired) electrons. The molecule has 1 aliphatic heterocycles. The van der Waals surface area contributed by atoms with Crippen LogP contribution in [0.3, 0.4) is 0 Å². The van der Waals surface area contributed by atoms with E-state index in [-0.39, 0.29) is 0 Å². The molecule has 2 aromatic rings. The van der Waals surface area contributed by atoms with Gasteiger partial charge in [-0.25, -0.2) is 9.67 Å². The molecule has 1 saturated heterocycles. The van der Waals surface area contributed by atoms with Crippen molar-refractivity contribution in [2.45, 2.75) is 33.3 Å². The van der Waals surface area contributed by atoms with Gasteiger partial charge in [-0.2, -0.15) is 10.1 Å². The summed E-state index contributed by atoms with van der Waals surface area (Å²) in [7, 11) is 1.67. The molecule has 1 fully saturated rings. The number of aromatic nitrogens is 4. The number of nitrogens with zero attached hydrogens (tertiary/aromatic N) is 4. The van der Waals surface area contributed by atoms with Gasteiger partial charge in [-0.1, -0.05) is 0 Å². The molecular weight excluding hydrogens is 304 g/mol. The highest BCUT2D eigenvalue weighted by molar-refractivity contribution is 5.39. The zero-order chi connectivity index (χ0) is 16.9. The van der Waals surface area contributed by atoms with Crippen LogP contribution in [0.25, 0.3) is 5.95 Å². The van der Waals surface area contributed by atoms with Gasteiger partial charge in [0.25, 0.3) is 5.95 Å². The third-order valence-electron chi connectivity index (χ3n) is 4.23. The predicted octanol–water partition coefficient (Wildman–Crippen LogP) is 1.84. The summed E-state index contributed by atoms with van der Waals surface area (Å²) in [5, 5.41) is 11.4. The molecule has 3 rings (SSSR count). The Morgan fingerprint density at radius 1 is 1.33 bits per heavy atom. The minimum atomic E-state index is 0.453. The van der Waals surface area contributed by atoms with E-state index in [9.17, 15) is 0 Å². The average molecular weight is 330 g/mol. The highest BCUT2D eigenvalue weighted by atomic mass is 16.5. The maximum absolute atomic E-state index is 5.25. The fourth-order valence-electron chi connectivity index (χ4n) is 3.07. The van der Waals surface area contributed by atoms with E-state index in [2.05, 4.69) is 25.7 Å². The van der Waals surface area contributed by atoms with Gasteiger partial charge in [0, 0.05) is 25.4 Å². The van der Waals surface area contributed by atoms with Crippen LogP contribution in [-0.2, 0) is 11.3 Å². The Balaban J connectivity index is 1.81. The Morgan fingerprint density at radius 2 is 2.21 bits per heavy atom. The van der Waals surface area contributed by atoms with E-state index in [0.717, 1.165) is 42.5 Å². The van der Waals surface area contributed by atoms with Crippen LogP contribution in [-0.4, -0.2) is 46.5 Å². The van der Waals surface area contributed by atoms with E-state index in [4.69, 9.17) is 4.74 Å². The van der Waals surface area contributed by atoms with Crippen LogP contribution in [0.1, 0.15) is 29.9 Å². The fraction of sp³-hybridized carbons (Fsp3) is 0.588. The Labute approximate surface area is 142 Å². The van der Waals surface area contributed by atoms with E-state index in [1.54, 1.807) is 11.8 Å². The molecular formula is C17H26N6O. The van der Waals surface area contributed by atoms with Crippen molar-refractivity contribution in [3.05, 3.63) is 29.2 Å². The van der Waals surface area contributed by atoms with Crippen molar-refractivity contribution in [3.63, 3.8) is 0 Å². The highest BCUT2D eigenvalue weighted by Gasteiger charge is 2.14. The second-order valence-corrected chi connectivity index (χ2v) is 6.41. The maximum atomic E-state index is 5.25. The van der Waals surface area contributed by atoms with E-state index in [1.807, 2.05) is 26.0 Å². The lowest BCUT2D eigenvalue weighted by Crippen LogP contribution is -2.33. The van der Waals surface area contributed by atoms with Crippen molar-refractivity contribution in [3.8, 4) is 5.95 Å². The second-order valence-electron chi connectivity index (χ2n) is 6.41. The largest absolute Gasteiger partial charge is 0.378 e. The quantitative estimate of drug-likeness (QED) is 0.841. The topological polar surface area (TPSA) is 76.9 Å². The Bertz CT molecular complexity index is 678.